The third-order valence-electron chi connectivity index (χ3n) is 3.42. The first-order chi connectivity index (χ1) is 10.9. The van der Waals surface area contributed by atoms with E-state index in [0.717, 1.165) is 12.1 Å². The van der Waals surface area contributed by atoms with E-state index in [4.69, 9.17) is 4.74 Å². The molecule has 120 valence electrons. The number of phenols is 1. The van der Waals surface area contributed by atoms with E-state index >= 15 is 0 Å². The molecule has 2 heterocycles. The predicted molar refractivity (Wildman–Crippen MR) is 74.5 cm³/mol. The van der Waals surface area contributed by atoms with Crippen LogP contribution in [-0.2, 0) is 6.18 Å². The van der Waals surface area contributed by atoms with E-state index in [0.29, 0.717) is 17.5 Å². The number of pyridine rings is 1. The van der Waals surface area contributed by atoms with E-state index in [2.05, 4.69) is 4.98 Å². The van der Waals surface area contributed by atoms with E-state index in [-0.39, 0.29) is 18.7 Å². The van der Waals surface area contributed by atoms with E-state index in [1.807, 2.05) is 0 Å². The highest BCUT2D eigenvalue weighted by atomic mass is 19.4. The Hall–Kier alpha value is -2.77. The second-order valence-corrected chi connectivity index (χ2v) is 4.88. The number of halogens is 3. The van der Waals surface area contributed by atoms with Gasteiger partial charge in [-0.3, -0.25) is 9.78 Å². The normalized spacial score (nSPS) is 14.1. The van der Waals surface area contributed by atoms with E-state index in [1.54, 1.807) is 6.07 Å². The van der Waals surface area contributed by atoms with Gasteiger partial charge in [-0.15, -0.1) is 0 Å². The standard InChI is InChI=1S/C15H11F3N2O3/c16-15(17,18)10-7-9(1-2-12(10)21)14(22)20-5-6-23-13-3-4-19-8-11(13)20/h1-4,7-8,21H,5-6H2. The molecule has 0 saturated heterocycles. The number of ether oxygens (including phenoxy) is 1. The summed E-state index contributed by atoms with van der Waals surface area (Å²) in [6.45, 7) is 0.423. The third kappa shape index (κ3) is 2.79. The van der Waals surface area contributed by atoms with Crippen LogP contribution in [0.3, 0.4) is 0 Å². The minimum atomic E-state index is -4.75. The number of anilines is 1. The maximum Gasteiger partial charge on any atom is 0.419 e. The van der Waals surface area contributed by atoms with Gasteiger partial charge in [-0.1, -0.05) is 0 Å². The number of hydrogen-bond acceptors (Lipinski definition) is 4. The van der Waals surface area contributed by atoms with Crippen molar-refractivity contribution in [1.82, 2.24) is 4.98 Å². The minimum Gasteiger partial charge on any atom is -0.507 e. The number of fused-ring (bicyclic) bond motifs is 1. The minimum absolute atomic E-state index is 0.174. The van der Waals surface area contributed by atoms with Crippen LogP contribution >= 0.6 is 0 Å². The second-order valence-electron chi connectivity index (χ2n) is 4.88. The molecule has 0 radical (unpaired) electrons. The fourth-order valence-corrected chi connectivity index (χ4v) is 2.33. The van der Waals surface area contributed by atoms with Crippen molar-refractivity contribution in [1.29, 1.82) is 0 Å². The lowest BCUT2D eigenvalue weighted by Gasteiger charge is -2.29. The number of carbonyl (C=O) groups is 1. The summed E-state index contributed by atoms with van der Waals surface area (Å²) in [5.74, 6) is -1.10. The summed E-state index contributed by atoms with van der Waals surface area (Å²) in [4.78, 5) is 17.8. The fourth-order valence-electron chi connectivity index (χ4n) is 2.33. The van der Waals surface area contributed by atoms with E-state index in [9.17, 15) is 23.1 Å². The van der Waals surface area contributed by atoms with Crippen LogP contribution in [0.5, 0.6) is 11.5 Å². The van der Waals surface area contributed by atoms with Crippen molar-refractivity contribution in [2.24, 2.45) is 0 Å². The molecular formula is C15H11F3N2O3. The molecule has 0 spiro atoms. The van der Waals surface area contributed by atoms with Gasteiger partial charge in [0.05, 0.1) is 18.3 Å². The number of amides is 1. The Balaban J connectivity index is 1.99. The zero-order chi connectivity index (χ0) is 16.6. The Labute approximate surface area is 128 Å². The molecule has 0 unspecified atom stereocenters. The van der Waals surface area contributed by atoms with Crippen molar-refractivity contribution in [3.63, 3.8) is 0 Å². The average molecular weight is 324 g/mol. The first-order valence-corrected chi connectivity index (χ1v) is 6.67. The molecule has 3 rings (SSSR count). The number of nitrogens with zero attached hydrogens (tertiary/aromatic N) is 2. The molecule has 2 aromatic rings. The second kappa shape index (κ2) is 5.45. The highest BCUT2D eigenvalue weighted by Gasteiger charge is 2.35. The summed E-state index contributed by atoms with van der Waals surface area (Å²) in [6.07, 6.45) is -1.84. The lowest BCUT2D eigenvalue weighted by atomic mass is 10.1. The lowest BCUT2D eigenvalue weighted by Crippen LogP contribution is -2.38. The SMILES string of the molecule is O=C(c1ccc(O)c(C(F)(F)F)c1)N1CCOc2ccncc21. The molecule has 1 N–H and O–H groups in total. The molecule has 0 fully saturated rings. The Morgan fingerprint density at radius 3 is 2.83 bits per heavy atom. The first kappa shape index (κ1) is 15.1. The monoisotopic (exact) mass is 324 g/mol. The predicted octanol–water partition coefficient (Wildman–Crippen LogP) is 2.85. The molecule has 23 heavy (non-hydrogen) atoms. The van der Waals surface area contributed by atoms with Crippen molar-refractivity contribution in [2.75, 3.05) is 18.1 Å². The van der Waals surface area contributed by atoms with Gasteiger partial charge in [-0.2, -0.15) is 13.2 Å². The van der Waals surface area contributed by atoms with Gasteiger partial charge in [0.1, 0.15) is 23.8 Å². The zero-order valence-electron chi connectivity index (χ0n) is 11.7. The third-order valence-corrected chi connectivity index (χ3v) is 3.42. The maximum atomic E-state index is 12.9. The Kier molecular flexibility index (Phi) is 3.59. The molecule has 8 heteroatoms. The van der Waals surface area contributed by atoms with E-state index < -0.39 is 23.4 Å². The molecule has 0 aliphatic carbocycles. The largest absolute Gasteiger partial charge is 0.507 e. The summed E-state index contributed by atoms with van der Waals surface area (Å²) >= 11 is 0. The zero-order valence-corrected chi connectivity index (χ0v) is 11.7. The van der Waals surface area contributed by atoms with Crippen LogP contribution in [0.1, 0.15) is 15.9 Å². The fraction of sp³-hybridized carbons (Fsp3) is 0.200. The number of phenolic OH excluding ortho intramolecular Hbond substituents is 1. The molecule has 1 amide bonds. The summed E-state index contributed by atoms with van der Waals surface area (Å²) in [5.41, 5.74) is -1.03. The maximum absolute atomic E-state index is 12.9. The molecule has 0 saturated carbocycles. The quantitative estimate of drug-likeness (QED) is 0.876. The van der Waals surface area contributed by atoms with E-state index in [1.165, 1.54) is 17.3 Å². The van der Waals surface area contributed by atoms with Gasteiger partial charge in [0.2, 0.25) is 0 Å². The summed E-state index contributed by atoms with van der Waals surface area (Å²) in [6, 6.07) is 4.23. The molecule has 1 aliphatic rings. The van der Waals surface area contributed by atoms with Crippen molar-refractivity contribution >= 4 is 11.6 Å². The van der Waals surface area contributed by atoms with Gasteiger partial charge in [-0.05, 0) is 18.2 Å². The van der Waals surface area contributed by atoms with Crippen LogP contribution in [0.2, 0.25) is 0 Å². The first-order valence-electron chi connectivity index (χ1n) is 6.67. The number of benzene rings is 1. The molecule has 1 aromatic heterocycles. The Bertz CT molecular complexity index is 762. The van der Waals surface area contributed by atoms with Crippen molar-refractivity contribution in [3.8, 4) is 11.5 Å². The number of aromatic nitrogens is 1. The molecule has 0 atom stereocenters. The van der Waals surface area contributed by atoms with Gasteiger partial charge in [0.15, 0.2) is 0 Å². The van der Waals surface area contributed by atoms with Gasteiger partial charge in [0.25, 0.3) is 5.91 Å². The number of carbonyl (C=O) groups excluding carboxylic acids is 1. The summed E-state index contributed by atoms with van der Waals surface area (Å²) in [7, 11) is 0. The smallest absolute Gasteiger partial charge is 0.419 e. The van der Waals surface area contributed by atoms with Crippen LogP contribution < -0.4 is 9.64 Å². The summed E-state index contributed by atoms with van der Waals surface area (Å²) in [5, 5.41) is 9.35. The molecule has 0 bridgehead atoms. The number of hydrogen-bond donors (Lipinski definition) is 1. The van der Waals surface area contributed by atoms with Crippen LogP contribution in [0, 0.1) is 0 Å². The summed E-state index contributed by atoms with van der Waals surface area (Å²) < 4.78 is 44.0. The number of alkyl halides is 3. The lowest BCUT2D eigenvalue weighted by molar-refractivity contribution is -0.138. The average Bonchev–Trinajstić information content (AvgIpc) is 2.53. The molecule has 1 aliphatic heterocycles. The van der Waals surface area contributed by atoms with Crippen molar-refractivity contribution in [2.45, 2.75) is 6.18 Å². The highest BCUT2D eigenvalue weighted by Crippen LogP contribution is 2.37. The Morgan fingerprint density at radius 2 is 2.09 bits per heavy atom. The van der Waals surface area contributed by atoms with Crippen molar-refractivity contribution < 1.29 is 27.8 Å². The van der Waals surface area contributed by atoms with Gasteiger partial charge < -0.3 is 14.7 Å². The van der Waals surface area contributed by atoms with Crippen LogP contribution in [0.4, 0.5) is 18.9 Å². The Morgan fingerprint density at radius 1 is 1.30 bits per heavy atom. The van der Waals surface area contributed by atoms with Crippen LogP contribution in [-0.4, -0.2) is 29.1 Å². The number of rotatable bonds is 1. The van der Waals surface area contributed by atoms with Crippen molar-refractivity contribution in [3.05, 3.63) is 47.8 Å². The number of aromatic hydroxyl groups is 1. The molecule has 1 aromatic carbocycles. The highest BCUT2D eigenvalue weighted by molar-refractivity contribution is 6.07. The van der Waals surface area contributed by atoms with Gasteiger partial charge in [0, 0.05) is 17.8 Å². The van der Waals surface area contributed by atoms with Crippen LogP contribution in [0.15, 0.2) is 36.7 Å². The van der Waals surface area contributed by atoms with Gasteiger partial charge >= 0.3 is 6.18 Å². The van der Waals surface area contributed by atoms with Crippen LogP contribution in [0.25, 0.3) is 0 Å². The molecular weight excluding hydrogens is 313 g/mol. The van der Waals surface area contributed by atoms with Gasteiger partial charge in [-0.25, -0.2) is 0 Å². The molecule has 5 nitrogen and oxygen atoms in total. The topological polar surface area (TPSA) is 62.7 Å².